The normalized spacial score (nSPS) is 17.4. The average Bonchev–Trinajstić information content (AvgIpc) is 3.04. The first kappa shape index (κ1) is 16.2. The molecule has 2 aromatic carbocycles. The van der Waals surface area contributed by atoms with E-state index in [9.17, 15) is 4.79 Å². The van der Waals surface area contributed by atoms with Gasteiger partial charge in [0.2, 0.25) is 0 Å². The SMILES string of the molecule is Cc1c(C2OC(=O)C(Cl)=C2Cl)c2ccccc2n1Cc1ccccc1. The molecule has 1 aromatic heterocycles. The van der Waals surface area contributed by atoms with Crippen molar-refractivity contribution in [2.75, 3.05) is 0 Å². The number of nitrogens with zero attached hydrogens (tertiary/aromatic N) is 1. The summed E-state index contributed by atoms with van der Waals surface area (Å²) < 4.78 is 7.65. The number of halogens is 2. The number of carbonyl (C=O) groups is 1. The van der Waals surface area contributed by atoms with Gasteiger partial charge in [-0.25, -0.2) is 4.79 Å². The van der Waals surface area contributed by atoms with Gasteiger partial charge < -0.3 is 9.30 Å². The van der Waals surface area contributed by atoms with Crippen LogP contribution in [0.2, 0.25) is 0 Å². The van der Waals surface area contributed by atoms with Crippen molar-refractivity contribution in [1.82, 2.24) is 4.57 Å². The van der Waals surface area contributed by atoms with E-state index < -0.39 is 12.1 Å². The van der Waals surface area contributed by atoms with Gasteiger partial charge in [-0.3, -0.25) is 0 Å². The highest BCUT2D eigenvalue weighted by Gasteiger charge is 2.36. The minimum Gasteiger partial charge on any atom is -0.447 e. The predicted octanol–water partition coefficient (Wildman–Crippen LogP) is 5.29. The molecule has 1 unspecified atom stereocenters. The number of para-hydroxylation sites is 1. The van der Waals surface area contributed by atoms with Crippen LogP contribution in [0.4, 0.5) is 0 Å². The largest absolute Gasteiger partial charge is 0.447 e. The highest BCUT2D eigenvalue weighted by molar-refractivity contribution is 6.48. The third kappa shape index (κ3) is 2.64. The first-order valence-corrected chi connectivity index (χ1v) is 8.71. The van der Waals surface area contributed by atoms with Crippen LogP contribution in [-0.4, -0.2) is 10.5 Å². The average molecular weight is 372 g/mol. The number of ether oxygens (including phenoxy) is 1. The molecule has 0 saturated heterocycles. The van der Waals surface area contributed by atoms with E-state index in [0.717, 1.165) is 28.7 Å². The summed E-state index contributed by atoms with van der Waals surface area (Å²) in [4.78, 5) is 11.8. The Bertz CT molecular complexity index is 1010. The van der Waals surface area contributed by atoms with E-state index >= 15 is 0 Å². The van der Waals surface area contributed by atoms with Crippen LogP contribution in [0.3, 0.4) is 0 Å². The Kier molecular flexibility index (Phi) is 4.06. The molecule has 1 aliphatic heterocycles. The van der Waals surface area contributed by atoms with Gasteiger partial charge >= 0.3 is 5.97 Å². The maximum absolute atomic E-state index is 11.8. The Morgan fingerprint density at radius 2 is 1.72 bits per heavy atom. The molecule has 0 aliphatic carbocycles. The van der Waals surface area contributed by atoms with E-state index in [1.165, 1.54) is 5.56 Å². The lowest BCUT2D eigenvalue weighted by molar-refractivity contribution is -0.139. The molecule has 3 aromatic rings. The standard InChI is InChI=1S/C20H15Cl2NO2/c1-12-16(19-17(21)18(22)20(24)25-19)14-9-5-6-10-15(14)23(12)11-13-7-3-2-4-8-13/h2-10,19H,11H2,1H3. The molecule has 0 spiro atoms. The molecule has 0 fully saturated rings. The van der Waals surface area contributed by atoms with Crippen molar-refractivity contribution in [2.45, 2.75) is 19.6 Å². The topological polar surface area (TPSA) is 31.2 Å². The van der Waals surface area contributed by atoms with E-state index in [0.29, 0.717) is 0 Å². The van der Waals surface area contributed by atoms with Crippen LogP contribution in [0.1, 0.15) is 22.9 Å². The number of hydrogen-bond donors (Lipinski definition) is 0. The third-order valence-electron chi connectivity index (χ3n) is 4.57. The second kappa shape index (κ2) is 6.25. The van der Waals surface area contributed by atoms with Crippen LogP contribution >= 0.6 is 23.2 Å². The molecule has 0 amide bonds. The molecule has 0 radical (unpaired) electrons. The summed E-state index contributed by atoms with van der Waals surface area (Å²) in [6.45, 7) is 2.74. The Labute approximate surface area is 155 Å². The van der Waals surface area contributed by atoms with Crippen LogP contribution < -0.4 is 0 Å². The number of rotatable bonds is 3. The molecule has 1 aliphatic rings. The van der Waals surface area contributed by atoms with Gasteiger partial charge in [-0.1, -0.05) is 71.7 Å². The number of fused-ring (bicyclic) bond motifs is 1. The van der Waals surface area contributed by atoms with Crippen molar-refractivity contribution in [1.29, 1.82) is 0 Å². The smallest absolute Gasteiger partial charge is 0.352 e. The molecular weight excluding hydrogens is 357 g/mol. The summed E-state index contributed by atoms with van der Waals surface area (Å²) in [5, 5.41) is 1.22. The van der Waals surface area contributed by atoms with Gasteiger partial charge in [0.15, 0.2) is 6.10 Å². The minimum absolute atomic E-state index is 0.0362. The number of benzene rings is 2. The Balaban J connectivity index is 1.89. The fraction of sp³-hybridized carbons (Fsp3) is 0.150. The van der Waals surface area contributed by atoms with Crippen LogP contribution in [0, 0.1) is 6.92 Å². The highest BCUT2D eigenvalue weighted by Crippen LogP contribution is 2.44. The van der Waals surface area contributed by atoms with Crippen molar-refractivity contribution in [3.63, 3.8) is 0 Å². The monoisotopic (exact) mass is 371 g/mol. The fourth-order valence-corrected chi connectivity index (χ4v) is 3.74. The summed E-state index contributed by atoms with van der Waals surface area (Å²) in [6, 6.07) is 18.3. The molecule has 126 valence electrons. The number of aromatic nitrogens is 1. The number of esters is 1. The van der Waals surface area contributed by atoms with Gasteiger partial charge in [0, 0.05) is 28.7 Å². The molecule has 0 N–H and O–H groups in total. The summed E-state index contributed by atoms with van der Waals surface area (Å²) >= 11 is 12.3. The Morgan fingerprint density at radius 3 is 2.40 bits per heavy atom. The van der Waals surface area contributed by atoms with Crippen LogP contribution in [0.25, 0.3) is 10.9 Å². The Morgan fingerprint density at radius 1 is 1.04 bits per heavy atom. The minimum atomic E-state index is -0.649. The molecule has 4 rings (SSSR count). The van der Waals surface area contributed by atoms with Crippen molar-refractivity contribution in [3.8, 4) is 0 Å². The lowest BCUT2D eigenvalue weighted by Crippen LogP contribution is -2.06. The molecule has 25 heavy (non-hydrogen) atoms. The van der Waals surface area contributed by atoms with Crippen LogP contribution in [-0.2, 0) is 16.1 Å². The third-order valence-corrected chi connectivity index (χ3v) is 5.41. The summed E-state index contributed by atoms with van der Waals surface area (Å²) in [5.74, 6) is -0.573. The number of cyclic esters (lactones) is 1. The molecule has 0 bridgehead atoms. The van der Waals surface area contributed by atoms with Gasteiger partial charge in [-0.2, -0.15) is 0 Å². The van der Waals surface area contributed by atoms with Gasteiger partial charge in [0.05, 0.1) is 5.03 Å². The van der Waals surface area contributed by atoms with Crippen molar-refractivity contribution in [3.05, 3.63) is 81.5 Å². The zero-order valence-electron chi connectivity index (χ0n) is 13.5. The molecule has 5 heteroatoms. The summed E-state index contributed by atoms with van der Waals surface area (Å²) in [6.07, 6.45) is -0.649. The van der Waals surface area contributed by atoms with Crippen molar-refractivity contribution in [2.24, 2.45) is 0 Å². The summed E-state index contributed by atoms with van der Waals surface area (Å²) in [7, 11) is 0. The lowest BCUT2D eigenvalue weighted by atomic mass is 10.1. The van der Waals surface area contributed by atoms with Crippen LogP contribution in [0.15, 0.2) is 64.7 Å². The second-order valence-corrected chi connectivity index (χ2v) is 6.82. The van der Waals surface area contributed by atoms with Crippen molar-refractivity contribution < 1.29 is 9.53 Å². The fourth-order valence-electron chi connectivity index (χ4n) is 3.37. The van der Waals surface area contributed by atoms with Crippen molar-refractivity contribution >= 4 is 40.1 Å². The van der Waals surface area contributed by atoms with Gasteiger partial charge in [0.1, 0.15) is 5.03 Å². The molecule has 3 nitrogen and oxygen atoms in total. The predicted molar refractivity (Wildman–Crippen MR) is 99.8 cm³/mol. The van der Waals surface area contributed by atoms with Gasteiger partial charge in [0.25, 0.3) is 0 Å². The zero-order chi connectivity index (χ0) is 17.6. The number of hydrogen-bond acceptors (Lipinski definition) is 2. The first-order valence-electron chi connectivity index (χ1n) is 7.95. The lowest BCUT2D eigenvalue weighted by Gasteiger charge is -2.13. The Hall–Kier alpha value is -2.23. The quantitative estimate of drug-likeness (QED) is 0.586. The van der Waals surface area contributed by atoms with E-state index in [-0.39, 0.29) is 10.1 Å². The van der Waals surface area contributed by atoms with E-state index in [1.807, 2.05) is 43.3 Å². The molecule has 2 heterocycles. The van der Waals surface area contributed by atoms with E-state index in [1.54, 1.807) is 0 Å². The zero-order valence-corrected chi connectivity index (χ0v) is 15.0. The van der Waals surface area contributed by atoms with Crippen LogP contribution in [0.5, 0.6) is 0 Å². The summed E-state index contributed by atoms with van der Waals surface area (Å²) in [5.41, 5.74) is 4.16. The second-order valence-electron chi connectivity index (χ2n) is 6.04. The van der Waals surface area contributed by atoms with E-state index in [2.05, 4.69) is 22.8 Å². The maximum Gasteiger partial charge on any atom is 0.352 e. The highest BCUT2D eigenvalue weighted by atomic mass is 35.5. The molecule has 0 saturated carbocycles. The number of carbonyl (C=O) groups excluding carboxylic acids is 1. The maximum atomic E-state index is 11.8. The van der Waals surface area contributed by atoms with Gasteiger partial charge in [-0.05, 0) is 18.6 Å². The first-order chi connectivity index (χ1) is 12.1. The van der Waals surface area contributed by atoms with Gasteiger partial charge in [-0.15, -0.1) is 0 Å². The van der Waals surface area contributed by atoms with E-state index in [4.69, 9.17) is 27.9 Å². The molecular formula is C20H15Cl2NO2. The molecule has 1 atom stereocenters.